The van der Waals surface area contributed by atoms with Crippen LogP contribution in [0.5, 0.6) is 11.5 Å². The van der Waals surface area contributed by atoms with Gasteiger partial charge in [0.05, 0.1) is 23.3 Å². The van der Waals surface area contributed by atoms with E-state index in [0.29, 0.717) is 11.1 Å². The van der Waals surface area contributed by atoms with Crippen molar-refractivity contribution >= 4 is 7.82 Å². The number of phosphoric acid groups is 1. The second kappa shape index (κ2) is 6.11. The zero-order chi connectivity index (χ0) is 15.3. The smallest absolute Gasteiger partial charge is 0.372 e. The average Bonchev–Trinajstić information content (AvgIpc) is 2.48. The predicted octanol–water partition coefficient (Wildman–Crippen LogP) is 2.36. The van der Waals surface area contributed by atoms with Gasteiger partial charge in [-0.25, -0.2) is 4.57 Å². The van der Waals surface area contributed by atoms with Crippen molar-refractivity contribution in [2.24, 2.45) is 0 Å². The lowest BCUT2D eigenvalue weighted by Crippen LogP contribution is -2.13. The van der Waals surface area contributed by atoms with Gasteiger partial charge in [-0.2, -0.15) is 10.5 Å². The maximum Gasteiger partial charge on any atom is 0.372 e. The number of nitrogens with zero attached hydrogens (tertiary/aromatic N) is 2. The molecule has 6 nitrogen and oxygen atoms in total. The molecule has 0 bridgehead atoms. The fourth-order valence-electron chi connectivity index (χ4n) is 1.46. The third-order valence-electron chi connectivity index (χ3n) is 2.40. The molecule has 0 unspecified atom stereocenters. The van der Waals surface area contributed by atoms with Crippen molar-refractivity contribution in [3.63, 3.8) is 0 Å². The van der Waals surface area contributed by atoms with Crippen LogP contribution in [0.25, 0.3) is 0 Å². The molecule has 104 valence electrons. The van der Waals surface area contributed by atoms with Crippen molar-refractivity contribution in [1.82, 2.24) is 0 Å². The highest BCUT2D eigenvalue weighted by Crippen LogP contribution is 2.40. The Morgan fingerprint density at radius 2 is 1.14 bits per heavy atom. The number of nitriles is 2. The van der Waals surface area contributed by atoms with E-state index >= 15 is 0 Å². The number of hydrogen-bond acceptors (Lipinski definition) is 6. The summed E-state index contributed by atoms with van der Waals surface area (Å²) in [5, 5.41) is 17.3. The average molecular weight is 299 g/mol. The van der Waals surface area contributed by atoms with Crippen molar-refractivity contribution in [2.45, 2.75) is 0 Å². The molecule has 21 heavy (non-hydrogen) atoms. The molecule has 0 spiro atoms. The fourth-order valence-corrected chi connectivity index (χ4v) is 2.25. The van der Waals surface area contributed by atoms with Crippen LogP contribution in [0.15, 0.2) is 48.5 Å². The molecule has 0 fully saturated rings. The van der Waals surface area contributed by atoms with E-state index in [1.165, 1.54) is 48.5 Å². The summed E-state index contributed by atoms with van der Waals surface area (Å²) in [7, 11) is -4.60. The summed E-state index contributed by atoms with van der Waals surface area (Å²) >= 11 is 0. The van der Waals surface area contributed by atoms with E-state index in [0.717, 1.165) is 0 Å². The van der Waals surface area contributed by atoms with Crippen LogP contribution in [0.4, 0.5) is 0 Å². The van der Waals surface area contributed by atoms with Gasteiger partial charge in [0.25, 0.3) is 0 Å². The van der Waals surface area contributed by atoms with E-state index < -0.39 is 7.82 Å². The Morgan fingerprint density at radius 1 is 0.810 bits per heavy atom. The second-order valence-corrected chi connectivity index (χ2v) is 5.16. The maximum absolute atomic E-state index is 11.7. The van der Waals surface area contributed by atoms with E-state index in [1.54, 1.807) is 0 Å². The van der Waals surface area contributed by atoms with Gasteiger partial charge in [0.1, 0.15) is 11.5 Å². The van der Waals surface area contributed by atoms with Gasteiger partial charge < -0.3 is 13.9 Å². The van der Waals surface area contributed by atoms with Crippen LogP contribution in [0, 0.1) is 22.7 Å². The Hall–Kier alpha value is -2.79. The summed E-state index contributed by atoms with van der Waals surface area (Å²) in [6.07, 6.45) is 0. The minimum absolute atomic E-state index is 0.0426. The van der Waals surface area contributed by atoms with E-state index in [4.69, 9.17) is 19.6 Å². The molecule has 0 amide bonds. The third-order valence-corrected chi connectivity index (χ3v) is 3.27. The summed E-state index contributed by atoms with van der Waals surface area (Å²) < 4.78 is 21.3. The summed E-state index contributed by atoms with van der Waals surface area (Å²) in [6.45, 7) is 0. The van der Waals surface area contributed by atoms with E-state index in [1.807, 2.05) is 12.1 Å². The summed E-state index contributed by atoms with van der Waals surface area (Å²) in [5.41, 5.74) is 0.771. The quantitative estimate of drug-likeness (QED) is 0.802. The number of hydrogen-bond donors (Lipinski definition) is 0. The first kappa shape index (κ1) is 14.6. The Bertz CT molecular complexity index is 694. The topological polar surface area (TPSA) is 106 Å². The van der Waals surface area contributed by atoms with Crippen LogP contribution in [-0.4, -0.2) is 0 Å². The van der Waals surface area contributed by atoms with Crippen molar-refractivity contribution in [1.29, 1.82) is 10.5 Å². The van der Waals surface area contributed by atoms with Gasteiger partial charge in [-0.3, -0.25) is 0 Å². The summed E-state index contributed by atoms with van der Waals surface area (Å²) in [5.74, 6) is 0.0851. The van der Waals surface area contributed by atoms with Crippen molar-refractivity contribution in [3.8, 4) is 23.6 Å². The SMILES string of the molecule is N#Cc1ccc(OP(=O)([O-])Oc2ccc(C#N)cc2)cc1. The minimum Gasteiger partial charge on any atom is -0.736 e. The van der Waals surface area contributed by atoms with Crippen LogP contribution in [0.3, 0.4) is 0 Å². The molecule has 0 aliphatic carbocycles. The van der Waals surface area contributed by atoms with Crippen LogP contribution in [0.1, 0.15) is 11.1 Å². The number of rotatable bonds is 4. The Labute approximate surface area is 121 Å². The molecule has 0 atom stereocenters. The monoisotopic (exact) mass is 299 g/mol. The van der Waals surface area contributed by atoms with Gasteiger partial charge in [-0.1, -0.05) is 0 Å². The van der Waals surface area contributed by atoms with Gasteiger partial charge in [0, 0.05) is 0 Å². The largest absolute Gasteiger partial charge is 0.736 e. The molecular formula is C14H8N2O4P-. The van der Waals surface area contributed by atoms with Crippen LogP contribution in [0.2, 0.25) is 0 Å². The number of phosphoric ester groups is 1. The van der Waals surface area contributed by atoms with Gasteiger partial charge in [0.2, 0.25) is 0 Å². The molecule has 2 aromatic carbocycles. The molecule has 0 saturated heterocycles. The Morgan fingerprint density at radius 3 is 1.43 bits per heavy atom. The molecule has 0 heterocycles. The Balaban J connectivity index is 2.08. The molecule has 0 saturated carbocycles. The zero-order valence-electron chi connectivity index (χ0n) is 10.6. The predicted molar refractivity (Wildman–Crippen MR) is 71.2 cm³/mol. The zero-order valence-corrected chi connectivity index (χ0v) is 11.5. The van der Waals surface area contributed by atoms with E-state index in [-0.39, 0.29) is 11.5 Å². The molecule has 0 aromatic heterocycles. The molecule has 0 radical (unpaired) electrons. The molecule has 2 aromatic rings. The van der Waals surface area contributed by atoms with Crippen LogP contribution >= 0.6 is 7.82 Å². The molecular weight excluding hydrogens is 291 g/mol. The van der Waals surface area contributed by atoms with Crippen molar-refractivity contribution in [2.75, 3.05) is 0 Å². The summed E-state index contributed by atoms with van der Waals surface area (Å²) in [4.78, 5) is 11.7. The highest BCUT2D eigenvalue weighted by Gasteiger charge is 2.13. The fraction of sp³-hybridized carbons (Fsp3) is 0. The highest BCUT2D eigenvalue weighted by molar-refractivity contribution is 7.46. The summed E-state index contributed by atoms with van der Waals surface area (Å²) in [6, 6.07) is 14.9. The molecule has 0 N–H and O–H groups in total. The first-order chi connectivity index (χ1) is 10.0. The molecule has 7 heteroatoms. The van der Waals surface area contributed by atoms with Crippen molar-refractivity contribution in [3.05, 3.63) is 59.7 Å². The standard InChI is InChI=1S/C14H9N2O4P/c15-9-11-1-5-13(6-2-11)19-21(17,18)20-14-7-3-12(10-16)4-8-14/h1-8H,(H,17,18)/p-1. The first-order valence-electron chi connectivity index (χ1n) is 5.73. The van der Waals surface area contributed by atoms with Crippen molar-refractivity contribution < 1.29 is 18.5 Å². The second-order valence-electron chi connectivity index (χ2n) is 3.90. The third kappa shape index (κ3) is 4.09. The van der Waals surface area contributed by atoms with Gasteiger partial charge in [-0.05, 0) is 48.5 Å². The normalized spacial score (nSPS) is 10.2. The van der Waals surface area contributed by atoms with E-state index in [9.17, 15) is 9.46 Å². The van der Waals surface area contributed by atoms with Crippen LogP contribution < -0.4 is 13.9 Å². The highest BCUT2D eigenvalue weighted by atomic mass is 31.2. The molecule has 0 aliphatic rings. The molecule has 0 aliphatic heterocycles. The molecule has 2 rings (SSSR count). The lowest BCUT2D eigenvalue weighted by Gasteiger charge is -2.23. The Kier molecular flexibility index (Phi) is 4.25. The van der Waals surface area contributed by atoms with Gasteiger partial charge in [-0.15, -0.1) is 0 Å². The maximum atomic E-state index is 11.7. The minimum atomic E-state index is -4.60. The van der Waals surface area contributed by atoms with E-state index in [2.05, 4.69) is 0 Å². The number of benzene rings is 2. The van der Waals surface area contributed by atoms with Gasteiger partial charge >= 0.3 is 7.82 Å². The lowest BCUT2D eigenvalue weighted by molar-refractivity contribution is -0.208. The van der Waals surface area contributed by atoms with Gasteiger partial charge in [0.15, 0.2) is 0 Å². The first-order valence-corrected chi connectivity index (χ1v) is 7.19. The lowest BCUT2D eigenvalue weighted by atomic mass is 10.2. The van der Waals surface area contributed by atoms with Crippen LogP contribution in [-0.2, 0) is 4.57 Å².